The Labute approximate surface area is 103 Å². The van der Waals surface area contributed by atoms with Crippen molar-refractivity contribution < 1.29 is 4.74 Å². The molecule has 2 aliphatic heterocycles. The van der Waals surface area contributed by atoms with Crippen LogP contribution in [0, 0.1) is 5.92 Å². The maximum absolute atomic E-state index is 5.81. The van der Waals surface area contributed by atoms with Crippen molar-refractivity contribution in [2.75, 3.05) is 26.7 Å². The molecule has 2 atom stereocenters. The molecule has 0 aliphatic carbocycles. The van der Waals surface area contributed by atoms with Crippen LogP contribution in [0.1, 0.15) is 18.5 Å². The average Bonchev–Trinajstić information content (AvgIpc) is 2.26. The van der Waals surface area contributed by atoms with Crippen LogP contribution >= 0.6 is 0 Å². The summed E-state index contributed by atoms with van der Waals surface area (Å²) in [6.07, 6.45) is 0. The standard InChI is InChI=1S/C14H20N2O/c1-10-9-17-13-6-4-3-5-12(13)14(10)16(2)11-7-15-8-11/h3-6,10-11,14-15H,7-9H2,1-2H3. The van der Waals surface area contributed by atoms with Gasteiger partial charge in [-0.1, -0.05) is 25.1 Å². The predicted octanol–water partition coefficient (Wildman–Crippen LogP) is 1.66. The summed E-state index contributed by atoms with van der Waals surface area (Å²) >= 11 is 0. The first kappa shape index (κ1) is 11.1. The van der Waals surface area contributed by atoms with Crippen LogP contribution < -0.4 is 10.1 Å². The molecule has 3 rings (SSSR count). The minimum atomic E-state index is 0.493. The molecular weight excluding hydrogens is 212 g/mol. The first-order valence-corrected chi connectivity index (χ1v) is 6.41. The Morgan fingerprint density at radius 2 is 2.06 bits per heavy atom. The second-order valence-electron chi connectivity index (χ2n) is 5.25. The third kappa shape index (κ3) is 1.83. The zero-order valence-electron chi connectivity index (χ0n) is 10.5. The molecule has 0 spiro atoms. The molecular formula is C14H20N2O. The summed E-state index contributed by atoms with van der Waals surface area (Å²) in [6.45, 7) is 5.33. The number of nitrogens with one attached hydrogen (secondary N) is 1. The van der Waals surface area contributed by atoms with Crippen LogP contribution in [0.4, 0.5) is 0 Å². The van der Waals surface area contributed by atoms with E-state index in [0.717, 1.165) is 25.4 Å². The summed E-state index contributed by atoms with van der Waals surface area (Å²) in [5, 5.41) is 3.35. The number of fused-ring (bicyclic) bond motifs is 1. The van der Waals surface area contributed by atoms with E-state index < -0.39 is 0 Å². The summed E-state index contributed by atoms with van der Waals surface area (Å²) in [7, 11) is 2.24. The van der Waals surface area contributed by atoms with Crippen LogP contribution in [0.2, 0.25) is 0 Å². The number of hydrogen-bond acceptors (Lipinski definition) is 3. The number of rotatable bonds is 2. The Morgan fingerprint density at radius 1 is 1.29 bits per heavy atom. The van der Waals surface area contributed by atoms with Gasteiger partial charge in [-0.05, 0) is 13.1 Å². The van der Waals surface area contributed by atoms with Crippen molar-refractivity contribution >= 4 is 0 Å². The van der Waals surface area contributed by atoms with E-state index in [9.17, 15) is 0 Å². The summed E-state index contributed by atoms with van der Waals surface area (Å²) in [5.41, 5.74) is 1.35. The summed E-state index contributed by atoms with van der Waals surface area (Å²) in [6, 6.07) is 9.62. The second-order valence-corrected chi connectivity index (χ2v) is 5.25. The largest absolute Gasteiger partial charge is 0.493 e. The Balaban J connectivity index is 1.91. The van der Waals surface area contributed by atoms with Gasteiger partial charge in [-0.3, -0.25) is 4.90 Å². The highest BCUT2D eigenvalue weighted by Crippen LogP contribution is 2.39. The van der Waals surface area contributed by atoms with Gasteiger partial charge in [0.1, 0.15) is 5.75 Å². The fourth-order valence-corrected chi connectivity index (χ4v) is 2.88. The van der Waals surface area contributed by atoms with E-state index >= 15 is 0 Å². The molecule has 2 heterocycles. The molecule has 2 aliphatic rings. The highest BCUT2D eigenvalue weighted by Gasteiger charge is 2.35. The van der Waals surface area contributed by atoms with Gasteiger partial charge in [0.15, 0.2) is 0 Å². The molecule has 1 fully saturated rings. The number of benzene rings is 1. The highest BCUT2D eigenvalue weighted by molar-refractivity contribution is 5.38. The quantitative estimate of drug-likeness (QED) is 0.839. The van der Waals surface area contributed by atoms with Gasteiger partial charge in [-0.15, -0.1) is 0 Å². The predicted molar refractivity (Wildman–Crippen MR) is 68.3 cm³/mol. The Morgan fingerprint density at radius 3 is 2.76 bits per heavy atom. The zero-order chi connectivity index (χ0) is 11.8. The lowest BCUT2D eigenvalue weighted by Crippen LogP contribution is -2.57. The van der Waals surface area contributed by atoms with Gasteiger partial charge in [0, 0.05) is 36.7 Å². The lowest BCUT2D eigenvalue weighted by molar-refractivity contribution is 0.0577. The number of ether oxygens (including phenoxy) is 1. The molecule has 3 heteroatoms. The second kappa shape index (κ2) is 4.31. The van der Waals surface area contributed by atoms with Crippen molar-refractivity contribution in [3.05, 3.63) is 29.8 Å². The average molecular weight is 232 g/mol. The lowest BCUT2D eigenvalue weighted by Gasteiger charge is -2.45. The van der Waals surface area contributed by atoms with Crippen LogP contribution in [0.5, 0.6) is 5.75 Å². The number of likely N-dealkylation sites (N-methyl/N-ethyl adjacent to an activating group) is 1. The van der Waals surface area contributed by atoms with Crippen molar-refractivity contribution in [1.29, 1.82) is 0 Å². The fourth-order valence-electron chi connectivity index (χ4n) is 2.88. The first-order chi connectivity index (χ1) is 8.27. The van der Waals surface area contributed by atoms with Gasteiger partial charge in [-0.25, -0.2) is 0 Å². The van der Waals surface area contributed by atoms with Gasteiger partial charge in [0.2, 0.25) is 0 Å². The normalized spacial score (nSPS) is 28.4. The Bertz CT molecular complexity index is 403. The minimum Gasteiger partial charge on any atom is -0.493 e. The summed E-state index contributed by atoms with van der Waals surface area (Å²) < 4.78 is 5.81. The highest BCUT2D eigenvalue weighted by atomic mass is 16.5. The van der Waals surface area contributed by atoms with E-state index in [1.807, 2.05) is 0 Å². The monoisotopic (exact) mass is 232 g/mol. The molecule has 1 saturated heterocycles. The maximum Gasteiger partial charge on any atom is 0.124 e. The molecule has 0 saturated carbocycles. The number of hydrogen-bond donors (Lipinski definition) is 1. The van der Waals surface area contributed by atoms with Gasteiger partial charge in [0.05, 0.1) is 6.61 Å². The molecule has 1 aromatic carbocycles. The van der Waals surface area contributed by atoms with Crippen molar-refractivity contribution in [2.24, 2.45) is 5.92 Å². The van der Waals surface area contributed by atoms with Crippen molar-refractivity contribution in [3.8, 4) is 5.75 Å². The molecule has 0 amide bonds. The maximum atomic E-state index is 5.81. The third-order valence-corrected chi connectivity index (χ3v) is 4.05. The number of para-hydroxylation sites is 1. The van der Waals surface area contributed by atoms with Gasteiger partial charge in [-0.2, -0.15) is 0 Å². The van der Waals surface area contributed by atoms with E-state index in [1.54, 1.807) is 0 Å². The van der Waals surface area contributed by atoms with E-state index in [-0.39, 0.29) is 0 Å². The Kier molecular flexibility index (Phi) is 2.81. The van der Waals surface area contributed by atoms with Crippen molar-refractivity contribution in [2.45, 2.75) is 19.0 Å². The molecule has 1 N–H and O–H groups in total. The molecule has 0 radical (unpaired) electrons. The van der Waals surface area contributed by atoms with Crippen molar-refractivity contribution in [1.82, 2.24) is 10.2 Å². The zero-order valence-corrected chi connectivity index (χ0v) is 10.5. The van der Waals surface area contributed by atoms with Crippen LogP contribution in [-0.2, 0) is 0 Å². The van der Waals surface area contributed by atoms with Gasteiger partial charge in [0.25, 0.3) is 0 Å². The molecule has 1 aromatic rings. The number of nitrogens with zero attached hydrogens (tertiary/aromatic N) is 1. The van der Waals surface area contributed by atoms with Gasteiger partial charge < -0.3 is 10.1 Å². The molecule has 17 heavy (non-hydrogen) atoms. The fraction of sp³-hybridized carbons (Fsp3) is 0.571. The summed E-state index contributed by atoms with van der Waals surface area (Å²) in [4.78, 5) is 2.52. The molecule has 92 valence electrons. The first-order valence-electron chi connectivity index (χ1n) is 6.41. The SMILES string of the molecule is CC1COc2ccccc2C1N(C)C1CNC1. The smallest absolute Gasteiger partial charge is 0.124 e. The lowest BCUT2D eigenvalue weighted by atomic mass is 9.89. The van der Waals surface area contributed by atoms with Crippen LogP contribution in [0.3, 0.4) is 0 Å². The van der Waals surface area contributed by atoms with E-state index in [2.05, 4.69) is 48.5 Å². The molecule has 2 unspecified atom stereocenters. The summed E-state index contributed by atoms with van der Waals surface area (Å²) in [5.74, 6) is 1.62. The van der Waals surface area contributed by atoms with E-state index in [0.29, 0.717) is 18.0 Å². The van der Waals surface area contributed by atoms with Crippen LogP contribution in [0.25, 0.3) is 0 Å². The van der Waals surface area contributed by atoms with Crippen LogP contribution in [-0.4, -0.2) is 37.7 Å². The molecule has 0 aromatic heterocycles. The third-order valence-electron chi connectivity index (χ3n) is 4.05. The van der Waals surface area contributed by atoms with E-state index in [4.69, 9.17) is 4.74 Å². The minimum absolute atomic E-state index is 0.493. The van der Waals surface area contributed by atoms with E-state index in [1.165, 1.54) is 5.56 Å². The van der Waals surface area contributed by atoms with Crippen LogP contribution in [0.15, 0.2) is 24.3 Å². The van der Waals surface area contributed by atoms with Crippen molar-refractivity contribution in [3.63, 3.8) is 0 Å². The topological polar surface area (TPSA) is 24.5 Å². The molecule has 0 bridgehead atoms. The Hall–Kier alpha value is -1.06. The van der Waals surface area contributed by atoms with Gasteiger partial charge >= 0.3 is 0 Å². The molecule has 3 nitrogen and oxygen atoms in total.